The number of nitrogens with two attached hydrogens (primary N) is 1. The maximum absolute atomic E-state index is 9.81. The highest BCUT2D eigenvalue weighted by Crippen LogP contribution is 2.31. The van der Waals surface area contributed by atoms with Gasteiger partial charge in [0.15, 0.2) is 5.96 Å². The summed E-state index contributed by atoms with van der Waals surface area (Å²) in [5.74, 6) is 1.63. The Kier molecular flexibility index (Phi) is 4.29. The predicted octanol–water partition coefficient (Wildman–Crippen LogP) is 1.58. The van der Waals surface area contributed by atoms with E-state index in [1.165, 1.54) is 0 Å². The van der Waals surface area contributed by atoms with Crippen molar-refractivity contribution in [2.45, 2.75) is 37.8 Å². The van der Waals surface area contributed by atoms with Crippen LogP contribution in [0.2, 0.25) is 0 Å². The normalized spacial score (nSPS) is 28.8. The molecule has 3 atom stereocenters. The number of para-hydroxylation sites is 1. The van der Waals surface area contributed by atoms with E-state index in [1.807, 2.05) is 18.2 Å². The quantitative estimate of drug-likeness (QED) is 0.583. The number of benzene rings is 1. The first-order chi connectivity index (χ1) is 10.2. The van der Waals surface area contributed by atoms with Crippen molar-refractivity contribution in [2.24, 2.45) is 16.6 Å². The fourth-order valence-electron chi connectivity index (χ4n) is 3.16. The number of hydrogen-bond donors (Lipinski definition) is 3. The van der Waals surface area contributed by atoms with Crippen molar-refractivity contribution in [1.29, 1.82) is 0 Å². The van der Waals surface area contributed by atoms with Crippen molar-refractivity contribution in [2.75, 3.05) is 13.2 Å². The molecule has 4 N–H and O–H groups in total. The van der Waals surface area contributed by atoms with Gasteiger partial charge in [-0.3, -0.25) is 4.99 Å². The van der Waals surface area contributed by atoms with E-state index in [1.54, 1.807) is 0 Å². The molecule has 1 fully saturated rings. The van der Waals surface area contributed by atoms with Gasteiger partial charge in [0.25, 0.3) is 0 Å². The van der Waals surface area contributed by atoms with Gasteiger partial charge in [-0.1, -0.05) is 24.6 Å². The lowest BCUT2D eigenvalue weighted by molar-refractivity contribution is 0.136. The third-order valence-corrected chi connectivity index (χ3v) is 4.40. The van der Waals surface area contributed by atoms with Crippen LogP contribution in [0.25, 0.3) is 0 Å². The first kappa shape index (κ1) is 14.2. The molecule has 1 aliphatic carbocycles. The van der Waals surface area contributed by atoms with Crippen molar-refractivity contribution >= 4 is 5.96 Å². The number of nitrogens with one attached hydrogen (secondary N) is 1. The van der Waals surface area contributed by atoms with E-state index in [0.717, 1.165) is 37.0 Å². The Balaban J connectivity index is 1.61. The second-order valence-corrected chi connectivity index (χ2v) is 5.86. The maximum atomic E-state index is 9.81. The summed E-state index contributed by atoms with van der Waals surface area (Å²) in [5, 5.41) is 13.1. The number of rotatable bonds is 3. The molecule has 0 spiro atoms. The summed E-state index contributed by atoms with van der Waals surface area (Å²) >= 11 is 0. The summed E-state index contributed by atoms with van der Waals surface area (Å²) in [7, 11) is 0. The van der Waals surface area contributed by atoms with Gasteiger partial charge >= 0.3 is 0 Å². The fraction of sp³-hybridized carbons (Fsp3) is 0.562. The smallest absolute Gasteiger partial charge is 0.189 e. The Labute approximate surface area is 125 Å². The summed E-state index contributed by atoms with van der Waals surface area (Å²) in [6, 6.07) is 8.16. The zero-order chi connectivity index (χ0) is 14.7. The van der Waals surface area contributed by atoms with Gasteiger partial charge in [-0.15, -0.1) is 0 Å². The molecule has 1 heterocycles. The number of aliphatic hydroxyl groups is 1. The van der Waals surface area contributed by atoms with Gasteiger partial charge in [0.1, 0.15) is 5.75 Å². The zero-order valence-electron chi connectivity index (χ0n) is 12.2. The number of aliphatic hydroxyl groups excluding tert-OH is 1. The molecule has 3 unspecified atom stereocenters. The van der Waals surface area contributed by atoms with Crippen LogP contribution >= 0.6 is 0 Å². The minimum absolute atomic E-state index is 0.146. The van der Waals surface area contributed by atoms with Crippen LogP contribution in [0, 0.1) is 5.92 Å². The summed E-state index contributed by atoms with van der Waals surface area (Å²) in [5.41, 5.74) is 7.13. The highest BCUT2D eigenvalue weighted by molar-refractivity contribution is 5.78. The Morgan fingerprint density at radius 1 is 1.33 bits per heavy atom. The van der Waals surface area contributed by atoms with E-state index in [4.69, 9.17) is 10.5 Å². The molecule has 0 amide bonds. The molecular formula is C16H23N3O2. The molecule has 5 nitrogen and oxygen atoms in total. The average molecular weight is 289 g/mol. The largest absolute Gasteiger partial charge is 0.493 e. The molecule has 0 bridgehead atoms. The van der Waals surface area contributed by atoms with Crippen molar-refractivity contribution < 1.29 is 9.84 Å². The van der Waals surface area contributed by atoms with Crippen molar-refractivity contribution in [3.05, 3.63) is 29.8 Å². The monoisotopic (exact) mass is 289 g/mol. The molecule has 1 aromatic carbocycles. The Morgan fingerprint density at radius 2 is 2.19 bits per heavy atom. The lowest BCUT2D eigenvalue weighted by Crippen LogP contribution is -2.37. The minimum Gasteiger partial charge on any atom is -0.493 e. The summed E-state index contributed by atoms with van der Waals surface area (Å²) in [6.45, 7) is 1.29. The number of hydrogen-bond acceptors (Lipinski definition) is 3. The van der Waals surface area contributed by atoms with Gasteiger partial charge in [0.2, 0.25) is 0 Å². The fourth-order valence-corrected chi connectivity index (χ4v) is 3.16. The van der Waals surface area contributed by atoms with Crippen molar-refractivity contribution in [3.8, 4) is 5.75 Å². The van der Waals surface area contributed by atoms with Crippen LogP contribution in [0.4, 0.5) is 0 Å². The van der Waals surface area contributed by atoms with Gasteiger partial charge < -0.3 is 20.9 Å². The minimum atomic E-state index is -0.217. The molecule has 21 heavy (non-hydrogen) atoms. The summed E-state index contributed by atoms with van der Waals surface area (Å²) < 4.78 is 5.64. The number of guanidine groups is 1. The first-order valence-corrected chi connectivity index (χ1v) is 7.70. The average Bonchev–Trinajstić information content (AvgIpc) is 2.91. The van der Waals surface area contributed by atoms with E-state index < -0.39 is 0 Å². The van der Waals surface area contributed by atoms with E-state index >= 15 is 0 Å². The molecule has 0 aromatic heterocycles. The lowest BCUT2D eigenvalue weighted by atomic mass is 10.0. The van der Waals surface area contributed by atoms with E-state index in [0.29, 0.717) is 19.1 Å². The molecule has 5 heteroatoms. The second kappa shape index (κ2) is 6.35. The van der Waals surface area contributed by atoms with Crippen molar-refractivity contribution in [3.63, 3.8) is 0 Å². The van der Waals surface area contributed by atoms with Crippen LogP contribution < -0.4 is 15.8 Å². The molecule has 3 rings (SSSR count). The van der Waals surface area contributed by atoms with Crippen LogP contribution in [0.1, 0.15) is 37.3 Å². The summed E-state index contributed by atoms with van der Waals surface area (Å²) in [6.07, 6.45) is 3.67. The van der Waals surface area contributed by atoms with Crippen LogP contribution in [0.3, 0.4) is 0 Å². The first-order valence-electron chi connectivity index (χ1n) is 7.70. The lowest BCUT2D eigenvalue weighted by Gasteiger charge is -2.27. The number of ether oxygens (including phenoxy) is 1. The van der Waals surface area contributed by atoms with Crippen molar-refractivity contribution in [1.82, 2.24) is 5.32 Å². The van der Waals surface area contributed by atoms with E-state index in [-0.39, 0.29) is 18.1 Å². The van der Waals surface area contributed by atoms with Gasteiger partial charge in [-0.25, -0.2) is 0 Å². The second-order valence-electron chi connectivity index (χ2n) is 5.86. The molecule has 1 aliphatic heterocycles. The van der Waals surface area contributed by atoms with Gasteiger partial charge in [0.05, 0.1) is 18.8 Å². The molecule has 1 saturated carbocycles. The van der Waals surface area contributed by atoms with Crippen LogP contribution in [0.15, 0.2) is 29.3 Å². The molecule has 114 valence electrons. The maximum Gasteiger partial charge on any atom is 0.189 e. The molecule has 0 saturated heterocycles. The SMILES string of the molecule is NC(=NCC1CCCC1O)NC1CCOc2ccccc21. The van der Waals surface area contributed by atoms with Crippen LogP contribution in [-0.4, -0.2) is 30.3 Å². The molecule has 2 aliphatic rings. The topological polar surface area (TPSA) is 79.9 Å². The Bertz CT molecular complexity index is 518. The van der Waals surface area contributed by atoms with Crippen LogP contribution in [0.5, 0.6) is 5.75 Å². The highest BCUT2D eigenvalue weighted by atomic mass is 16.5. The van der Waals surface area contributed by atoms with E-state index in [9.17, 15) is 5.11 Å². The Morgan fingerprint density at radius 3 is 3.00 bits per heavy atom. The predicted molar refractivity (Wildman–Crippen MR) is 82.3 cm³/mol. The molecule has 1 aromatic rings. The van der Waals surface area contributed by atoms with Gasteiger partial charge in [-0.2, -0.15) is 0 Å². The van der Waals surface area contributed by atoms with Crippen LogP contribution in [-0.2, 0) is 0 Å². The van der Waals surface area contributed by atoms with Gasteiger partial charge in [-0.05, 0) is 18.9 Å². The number of nitrogens with zero attached hydrogens (tertiary/aromatic N) is 1. The molecular weight excluding hydrogens is 266 g/mol. The standard InChI is InChI=1S/C16H23N3O2/c17-16(18-10-11-4-3-6-14(11)20)19-13-8-9-21-15-7-2-1-5-12(13)15/h1-2,5,7,11,13-14,20H,3-4,6,8-10H2,(H3,17,18,19). The zero-order valence-corrected chi connectivity index (χ0v) is 12.2. The summed E-state index contributed by atoms with van der Waals surface area (Å²) in [4.78, 5) is 4.41. The third-order valence-electron chi connectivity index (χ3n) is 4.40. The Hall–Kier alpha value is -1.75. The third kappa shape index (κ3) is 3.29. The van der Waals surface area contributed by atoms with Gasteiger partial charge in [0, 0.05) is 24.4 Å². The van der Waals surface area contributed by atoms with E-state index in [2.05, 4.69) is 16.4 Å². The number of fused-ring (bicyclic) bond motifs is 1. The number of aliphatic imine (C=N–C) groups is 1. The highest BCUT2D eigenvalue weighted by Gasteiger charge is 2.25. The molecule has 0 radical (unpaired) electrons.